The summed E-state index contributed by atoms with van der Waals surface area (Å²) < 4.78 is 16.4. The van der Waals surface area contributed by atoms with Gasteiger partial charge in [0.1, 0.15) is 24.0 Å². The Morgan fingerprint density at radius 1 is 1.03 bits per heavy atom. The summed E-state index contributed by atoms with van der Waals surface area (Å²) >= 11 is 1.55. The Hall–Kier alpha value is -3.78. The van der Waals surface area contributed by atoms with E-state index in [2.05, 4.69) is 5.32 Å². The van der Waals surface area contributed by atoms with Gasteiger partial charge in [0.25, 0.3) is 0 Å². The maximum Gasteiger partial charge on any atom is 0.408 e. The van der Waals surface area contributed by atoms with E-state index in [0.29, 0.717) is 23.1 Å². The van der Waals surface area contributed by atoms with E-state index in [4.69, 9.17) is 13.9 Å². The van der Waals surface area contributed by atoms with Crippen LogP contribution in [0.3, 0.4) is 0 Å². The summed E-state index contributed by atoms with van der Waals surface area (Å²) in [4.78, 5) is 37.7. The molecule has 1 atom stereocenters. The van der Waals surface area contributed by atoms with Crippen LogP contribution in [0.5, 0.6) is 5.75 Å². The number of hydrogen-bond donors (Lipinski definition) is 1. The van der Waals surface area contributed by atoms with Gasteiger partial charge in [0.05, 0.1) is 5.39 Å². The number of fused-ring (bicyclic) bond motifs is 3. The highest BCUT2D eigenvalue weighted by atomic mass is 32.2. The van der Waals surface area contributed by atoms with Crippen LogP contribution in [0.1, 0.15) is 17.5 Å². The minimum Gasteiger partial charge on any atom is -0.445 e. The zero-order chi connectivity index (χ0) is 24.8. The van der Waals surface area contributed by atoms with E-state index < -0.39 is 23.7 Å². The van der Waals surface area contributed by atoms with Crippen molar-refractivity contribution in [1.82, 2.24) is 5.32 Å². The summed E-state index contributed by atoms with van der Waals surface area (Å²) in [6, 6.07) is 18.8. The number of rotatable bonds is 8. The van der Waals surface area contributed by atoms with Crippen molar-refractivity contribution in [2.75, 3.05) is 12.0 Å². The molecule has 0 aliphatic rings. The molecule has 180 valence electrons. The smallest absolute Gasteiger partial charge is 0.408 e. The molecule has 35 heavy (non-hydrogen) atoms. The number of thioether (sulfide) groups is 1. The molecule has 0 fully saturated rings. The van der Waals surface area contributed by atoms with Crippen LogP contribution in [0.2, 0.25) is 0 Å². The molecule has 7 nitrogen and oxygen atoms in total. The van der Waals surface area contributed by atoms with Crippen molar-refractivity contribution in [2.24, 2.45) is 0 Å². The third kappa shape index (κ3) is 5.84. The SMILES string of the molecule is CSCC[C@H](NC(=O)OCc1ccccc1)C(=O)Oc1cc(C)c2c(c1)oc(=O)c1ccccc12. The average Bonchev–Trinajstić information content (AvgIpc) is 2.85. The van der Waals surface area contributed by atoms with Crippen LogP contribution in [0.15, 0.2) is 75.9 Å². The maximum atomic E-state index is 13.0. The first kappa shape index (κ1) is 24.3. The molecular formula is C27H25NO6S. The monoisotopic (exact) mass is 491 g/mol. The molecule has 0 unspecified atom stereocenters. The number of esters is 1. The van der Waals surface area contributed by atoms with Crippen LogP contribution < -0.4 is 15.7 Å². The quantitative estimate of drug-likeness (QED) is 0.156. The van der Waals surface area contributed by atoms with Crippen LogP contribution in [0.25, 0.3) is 21.7 Å². The molecule has 0 saturated carbocycles. The summed E-state index contributed by atoms with van der Waals surface area (Å²) in [7, 11) is 0. The van der Waals surface area contributed by atoms with Crippen molar-refractivity contribution in [2.45, 2.75) is 26.0 Å². The van der Waals surface area contributed by atoms with Crippen LogP contribution in [0, 0.1) is 6.92 Å². The molecule has 8 heteroatoms. The predicted molar refractivity (Wildman–Crippen MR) is 137 cm³/mol. The van der Waals surface area contributed by atoms with E-state index in [0.717, 1.165) is 21.9 Å². The fourth-order valence-electron chi connectivity index (χ4n) is 3.82. The van der Waals surface area contributed by atoms with Gasteiger partial charge in [-0.1, -0.05) is 48.5 Å². The molecule has 1 heterocycles. The van der Waals surface area contributed by atoms with E-state index in [1.54, 1.807) is 30.0 Å². The molecule has 0 bridgehead atoms. The fourth-order valence-corrected chi connectivity index (χ4v) is 4.29. The van der Waals surface area contributed by atoms with Gasteiger partial charge in [0, 0.05) is 16.8 Å². The molecule has 0 aliphatic heterocycles. The first-order valence-electron chi connectivity index (χ1n) is 11.1. The van der Waals surface area contributed by atoms with E-state index in [9.17, 15) is 14.4 Å². The minimum absolute atomic E-state index is 0.0911. The molecular weight excluding hydrogens is 466 g/mol. The highest BCUT2D eigenvalue weighted by Gasteiger charge is 2.24. The molecule has 0 saturated heterocycles. The Morgan fingerprint density at radius 2 is 1.74 bits per heavy atom. The van der Waals surface area contributed by atoms with Crippen molar-refractivity contribution in [3.05, 3.63) is 88.3 Å². The number of nitrogens with one attached hydrogen (secondary N) is 1. The lowest BCUT2D eigenvalue weighted by molar-refractivity contribution is -0.136. The first-order chi connectivity index (χ1) is 17.0. The van der Waals surface area contributed by atoms with Crippen LogP contribution >= 0.6 is 11.8 Å². The van der Waals surface area contributed by atoms with E-state index in [-0.39, 0.29) is 12.4 Å². The number of aryl methyl sites for hydroxylation is 1. The van der Waals surface area contributed by atoms with E-state index in [1.807, 2.05) is 55.6 Å². The maximum absolute atomic E-state index is 13.0. The van der Waals surface area contributed by atoms with Crippen LogP contribution in [-0.2, 0) is 16.1 Å². The predicted octanol–water partition coefficient (Wildman–Crippen LogP) is 5.21. The largest absolute Gasteiger partial charge is 0.445 e. The van der Waals surface area contributed by atoms with Crippen molar-refractivity contribution in [3.8, 4) is 5.75 Å². The van der Waals surface area contributed by atoms with Gasteiger partial charge in [-0.3, -0.25) is 0 Å². The first-order valence-corrected chi connectivity index (χ1v) is 12.5. The molecule has 4 rings (SSSR count). The number of ether oxygens (including phenoxy) is 2. The van der Waals surface area contributed by atoms with E-state index in [1.165, 1.54) is 6.07 Å². The molecule has 1 amide bonds. The van der Waals surface area contributed by atoms with Gasteiger partial charge in [0.15, 0.2) is 0 Å². The second kappa shape index (κ2) is 11.1. The second-order valence-corrected chi connectivity index (χ2v) is 9.00. The number of carbonyl (C=O) groups is 2. The van der Waals surface area contributed by atoms with Crippen molar-refractivity contribution < 1.29 is 23.5 Å². The minimum atomic E-state index is -0.898. The van der Waals surface area contributed by atoms with Gasteiger partial charge >= 0.3 is 17.7 Å². The highest BCUT2D eigenvalue weighted by Crippen LogP contribution is 2.30. The Balaban J connectivity index is 1.51. The molecule has 0 radical (unpaired) electrons. The fraction of sp³-hybridized carbons (Fsp3) is 0.222. The Morgan fingerprint density at radius 3 is 2.49 bits per heavy atom. The van der Waals surface area contributed by atoms with Crippen molar-refractivity contribution >= 4 is 45.6 Å². The van der Waals surface area contributed by atoms with Crippen LogP contribution in [0.4, 0.5) is 4.79 Å². The van der Waals surface area contributed by atoms with Gasteiger partial charge in [0.2, 0.25) is 0 Å². The number of amides is 1. The molecule has 3 aromatic carbocycles. The zero-order valence-electron chi connectivity index (χ0n) is 19.4. The standard InChI is InChI=1S/C27H25NO6S/c1-17-14-19(15-23-24(17)20-10-6-7-11-21(20)25(29)34-23)33-26(30)22(12-13-35-2)28-27(31)32-16-18-8-4-3-5-9-18/h3-11,14-15,22H,12-13,16H2,1-2H3,(H,28,31)/t22-/m0/s1. The Labute approximate surface area is 206 Å². The summed E-state index contributed by atoms with van der Waals surface area (Å²) in [6.45, 7) is 1.95. The number of alkyl carbamates (subject to hydrolysis) is 1. The molecule has 4 aromatic rings. The van der Waals surface area contributed by atoms with Gasteiger partial charge in [-0.2, -0.15) is 11.8 Å². The van der Waals surface area contributed by atoms with Gasteiger partial charge < -0.3 is 19.2 Å². The van der Waals surface area contributed by atoms with E-state index >= 15 is 0 Å². The molecule has 0 aliphatic carbocycles. The molecule has 1 N–H and O–H groups in total. The molecule has 0 spiro atoms. The Kier molecular flexibility index (Phi) is 7.72. The summed E-state index contributed by atoms with van der Waals surface area (Å²) in [6.07, 6.45) is 1.58. The van der Waals surface area contributed by atoms with Gasteiger partial charge in [-0.05, 0) is 48.6 Å². The summed E-state index contributed by atoms with van der Waals surface area (Å²) in [5, 5.41) is 4.65. The number of benzene rings is 3. The number of hydrogen-bond acceptors (Lipinski definition) is 7. The topological polar surface area (TPSA) is 94.8 Å². The lowest BCUT2D eigenvalue weighted by Crippen LogP contribution is -2.43. The van der Waals surface area contributed by atoms with Crippen molar-refractivity contribution in [3.63, 3.8) is 0 Å². The Bertz CT molecular complexity index is 1420. The van der Waals surface area contributed by atoms with Gasteiger partial charge in [-0.15, -0.1) is 0 Å². The third-order valence-electron chi connectivity index (χ3n) is 5.51. The lowest BCUT2D eigenvalue weighted by atomic mass is 10.0. The summed E-state index contributed by atoms with van der Waals surface area (Å²) in [5.41, 5.74) is 1.50. The lowest BCUT2D eigenvalue weighted by Gasteiger charge is -2.17. The molecule has 1 aromatic heterocycles. The highest BCUT2D eigenvalue weighted by molar-refractivity contribution is 7.98. The third-order valence-corrected chi connectivity index (χ3v) is 6.15. The summed E-state index contributed by atoms with van der Waals surface area (Å²) in [5.74, 6) is 0.237. The normalized spacial score (nSPS) is 11.8. The second-order valence-electron chi connectivity index (χ2n) is 8.01. The number of carbonyl (C=O) groups excluding carboxylic acids is 2. The van der Waals surface area contributed by atoms with Gasteiger partial charge in [-0.25, -0.2) is 14.4 Å². The van der Waals surface area contributed by atoms with Crippen LogP contribution in [-0.4, -0.2) is 30.1 Å². The zero-order valence-corrected chi connectivity index (χ0v) is 20.2. The average molecular weight is 492 g/mol. The van der Waals surface area contributed by atoms with Crippen molar-refractivity contribution in [1.29, 1.82) is 0 Å².